The first-order valence-electron chi connectivity index (χ1n) is 6.88. The highest BCUT2D eigenvalue weighted by atomic mass is 35.5. The van der Waals surface area contributed by atoms with E-state index in [1.165, 1.54) is 6.07 Å². The van der Waals surface area contributed by atoms with Gasteiger partial charge in [0.05, 0.1) is 4.92 Å². The van der Waals surface area contributed by atoms with E-state index in [9.17, 15) is 14.9 Å². The molecule has 0 radical (unpaired) electrons. The topological polar surface area (TPSA) is 66.7 Å². The standard InChI is InChI=1S/C14H18ClN3O3/c1-11(19)17-6-2-5-16(7-8-17)10-12-3-4-13(15)14(9-12)18(20)21/h3-4,9H,2,5-8,10H2,1H3. The minimum atomic E-state index is -0.467. The van der Waals surface area contributed by atoms with Gasteiger partial charge in [-0.1, -0.05) is 17.7 Å². The molecule has 1 saturated heterocycles. The van der Waals surface area contributed by atoms with Crippen LogP contribution in [0.15, 0.2) is 18.2 Å². The number of hydrogen-bond donors (Lipinski definition) is 0. The molecule has 1 aliphatic heterocycles. The fraction of sp³-hybridized carbons (Fsp3) is 0.500. The van der Waals surface area contributed by atoms with Gasteiger partial charge in [-0.25, -0.2) is 0 Å². The van der Waals surface area contributed by atoms with Gasteiger partial charge in [-0.05, 0) is 18.1 Å². The first kappa shape index (κ1) is 15.7. The molecule has 0 saturated carbocycles. The molecule has 1 fully saturated rings. The molecule has 1 aliphatic rings. The molecule has 2 rings (SSSR count). The Balaban J connectivity index is 2.03. The number of halogens is 1. The average molecular weight is 312 g/mol. The number of carbonyl (C=O) groups is 1. The Morgan fingerprint density at radius 3 is 2.76 bits per heavy atom. The molecule has 6 nitrogen and oxygen atoms in total. The molecule has 1 aromatic rings. The van der Waals surface area contributed by atoms with Crippen LogP contribution in [0.25, 0.3) is 0 Å². The van der Waals surface area contributed by atoms with Crippen molar-refractivity contribution in [2.75, 3.05) is 26.2 Å². The third kappa shape index (κ3) is 4.15. The number of amides is 1. The van der Waals surface area contributed by atoms with E-state index in [0.717, 1.165) is 31.6 Å². The maximum absolute atomic E-state index is 11.4. The fourth-order valence-electron chi connectivity index (χ4n) is 2.50. The molecule has 1 aromatic carbocycles. The second kappa shape index (κ2) is 6.87. The van der Waals surface area contributed by atoms with Gasteiger partial charge in [0.2, 0.25) is 5.91 Å². The van der Waals surface area contributed by atoms with Gasteiger partial charge in [0.15, 0.2) is 0 Å². The summed E-state index contributed by atoms with van der Waals surface area (Å²) in [4.78, 5) is 25.9. The van der Waals surface area contributed by atoms with Gasteiger partial charge in [-0.15, -0.1) is 0 Å². The number of hydrogen-bond acceptors (Lipinski definition) is 4. The van der Waals surface area contributed by atoms with Crippen LogP contribution in [0.1, 0.15) is 18.9 Å². The van der Waals surface area contributed by atoms with E-state index in [1.807, 2.05) is 11.0 Å². The summed E-state index contributed by atoms with van der Waals surface area (Å²) in [6.45, 7) is 5.33. The molecule has 7 heteroatoms. The SMILES string of the molecule is CC(=O)N1CCCN(Cc2ccc(Cl)c([N+](=O)[O-])c2)CC1. The van der Waals surface area contributed by atoms with E-state index in [-0.39, 0.29) is 16.6 Å². The molecular formula is C14H18ClN3O3. The third-order valence-corrected chi connectivity index (χ3v) is 3.97. The summed E-state index contributed by atoms with van der Waals surface area (Å²) >= 11 is 5.81. The molecule has 0 atom stereocenters. The first-order valence-corrected chi connectivity index (χ1v) is 7.26. The predicted molar refractivity (Wildman–Crippen MR) is 80.3 cm³/mol. The van der Waals surface area contributed by atoms with Gasteiger partial charge in [0.1, 0.15) is 5.02 Å². The highest BCUT2D eigenvalue weighted by Crippen LogP contribution is 2.25. The molecule has 0 bridgehead atoms. The zero-order valence-corrected chi connectivity index (χ0v) is 12.7. The van der Waals surface area contributed by atoms with Crippen LogP contribution in [0.5, 0.6) is 0 Å². The lowest BCUT2D eigenvalue weighted by Crippen LogP contribution is -2.33. The smallest absolute Gasteiger partial charge is 0.288 e. The molecule has 0 N–H and O–H groups in total. The molecule has 0 aromatic heterocycles. The largest absolute Gasteiger partial charge is 0.342 e. The quantitative estimate of drug-likeness (QED) is 0.634. The summed E-state index contributed by atoms with van der Waals surface area (Å²) in [7, 11) is 0. The molecule has 1 heterocycles. The summed E-state index contributed by atoms with van der Waals surface area (Å²) in [5.41, 5.74) is 0.803. The van der Waals surface area contributed by atoms with Crippen molar-refractivity contribution in [1.82, 2.24) is 9.80 Å². The highest BCUT2D eigenvalue weighted by Gasteiger charge is 2.18. The van der Waals surface area contributed by atoms with Gasteiger partial charge in [0, 0.05) is 45.7 Å². The van der Waals surface area contributed by atoms with Gasteiger partial charge < -0.3 is 4.90 Å². The Morgan fingerprint density at radius 1 is 1.33 bits per heavy atom. The maximum atomic E-state index is 11.4. The van der Waals surface area contributed by atoms with Gasteiger partial charge in [0.25, 0.3) is 5.69 Å². The van der Waals surface area contributed by atoms with Crippen LogP contribution in [-0.4, -0.2) is 46.8 Å². The summed E-state index contributed by atoms with van der Waals surface area (Å²) in [5, 5.41) is 11.1. The van der Waals surface area contributed by atoms with E-state index >= 15 is 0 Å². The van der Waals surface area contributed by atoms with Crippen molar-refractivity contribution in [1.29, 1.82) is 0 Å². The van der Waals surface area contributed by atoms with E-state index in [1.54, 1.807) is 13.0 Å². The van der Waals surface area contributed by atoms with E-state index in [2.05, 4.69) is 4.90 Å². The van der Waals surface area contributed by atoms with Crippen molar-refractivity contribution in [3.05, 3.63) is 38.9 Å². The third-order valence-electron chi connectivity index (χ3n) is 3.65. The zero-order chi connectivity index (χ0) is 15.4. The number of nitrogens with zero attached hydrogens (tertiary/aromatic N) is 3. The monoisotopic (exact) mass is 311 g/mol. The maximum Gasteiger partial charge on any atom is 0.288 e. The lowest BCUT2D eigenvalue weighted by Gasteiger charge is -2.21. The normalized spacial score (nSPS) is 16.6. The van der Waals surface area contributed by atoms with Crippen LogP contribution in [0.2, 0.25) is 5.02 Å². The summed E-state index contributed by atoms with van der Waals surface area (Å²) in [6.07, 6.45) is 0.912. The van der Waals surface area contributed by atoms with Crippen molar-refractivity contribution >= 4 is 23.2 Å². The first-order chi connectivity index (χ1) is 9.97. The van der Waals surface area contributed by atoms with E-state index in [0.29, 0.717) is 13.1 Å². The Labute approximate surface area is 128 Å². The minimum absolute atomic E-state index is 0.0608. The number of nitro benzene ring substituents is 1. The number of rotatable bonds is 3. The predicted octanol–water partition coefficient (Wildman–Crippen LogP) is 2.30. The second-order valence-corrected chi connectivity index (χ2v) is 5.59. The Bertz CT molecular complexity index is 550. The summed E-state index contributed by atoms with van der Waals surface area (Å²) in [6, 6.07) is 4.90. The van der Waals surface area contributed by atoms with Crippen LogP contribution < -0.4 is 0 Å². The van der Waals surface area contributed by atoms with Crippen molar-refractivity contribution in [2.24, 2.45) is 0 Å². The second-order valence-electron chi connectivity index (χ2n) is 5.18. The lowest BCUT2D eigenvalue weighted by atomic mass is 10.2. The van der Waals surface area contributed by atoms with Crippen molar-refractivity contribution in [2.45, 2.75) is 19.9 Å². The Kier molecular flexibility index (Phi) is 5.14. The molecular weight excluding hydrogens is 294 g/mol. The lowest BCUT2D eigenvalue weighted by molar-refractivity contribution is -0.384. The zero-order valence-electron chi connectivity index (χ0n) is 11.9. The number of nitro groups is 1. The van der Waals surface area contributed by atoms with Crippen LogP contribution >= 0.6 is 11.6 Å². The Morgan fingerprint density at radius 2 is 2.10 bits per heavy atom. The van der Waals surface area contributed by atoms with Gasteiger partial charge in [-0.3, -0.25) is 19.8 Å². The van der Waals surface area contributed by atoms with E-state index in [4.69, 9.17) is 11.6 Å². The average Bonchev–Trinajstić information content (AvgIpc) is 2.66. The molecule has 0 aliphatic carbocycles. The molecule has 21 heavy (non-hydrogen) atoms. The highest BCUT2D eigenvalue weighted by molar-refractivity contribution is 6.32. The van der Waals surface area contributed by atoms with Crippen LogP contribution in [0.4, 0.5) is 5.69 Å². The van der Waals surface area contributed by atoms with Crippen molar-refractivity contribution in [3.8, 4) is 0 Å². The molecule has 1 amide bonds. The van der Waals surface area contributed by atoms with Crippen molar-refractivity contribution < 1.29 is 9.72 Å². The summed E-state index contributed by atoms with van der Waals surface area (Å²) < 4.78 is 0. The van der Waals surface area contributed by atoms with Crippen LogP contribution in [0, 0.1) is 10.1 Å². The minimum Gasteiger partial charge on any atom is -0.342 e. The van der Waals surface area contributed by atoms with Crippen LogP contribution in [-0.2, 0) is 11.3 Å². The van der Waals surface area contributed by atoms with Crippen LogP contribution in [0.3, 0.4) is 0 Å². The van der Waals surface area contributed by atoms with Gasteiger partial charge >= 0.3 is 0 Å². The number of carbonyl (C=O) groups excluding carboxylic acids is 1. The Hall–Kier alpha value is -1.66. The fourth-order valence-corrected chi connectivity index (χ4v) is 2.69. The van der Waals surface area contributed by atoms with E-state index < -0.39 is 4.92 Å². The van der Waals surface area contributed by atoms with Gasteiger partial charge in [-0.2, -0.15) is 0 Å². The summed E-state index contributed by atoms with van der Waals surface area (Å²) in [5.74, 6) is 0.0963. The molecule has 114 valence electrons. The molecule has 0 spiro atoms. The van der Waals surface area contributed by atoms with Crippen molar-refractivity contribution in [3.63, 3.8) is 0 Å². The number of benzene rings is 1. The molecule has 0 unspecified atom stereocenters.